The van der Waals surface area contributed by atoms with Gasteiger partial charge in [0, 0.05) is 11.8 Å². The number of nitrogens with zero attached hydrogens (tertiary/aromatic N) is 1. The van der Waals surface area contributed by atoms with Gasteiger partial charge in [-0.15, -0.1) is 0 Å². The molecule has 1 aromatic rings. The number of aliphatic hydroxyl groups excluding tert-OH is 1. The van der Waals surface area contributed by atoms with E-state index < -0.39 is 0 Å². The van der Waals surface area contributed by atoms with Crippen molar-refractivity contribution >= 4 is 0 Å². The molecule has 88 valence electrons. The zero-order valence-corrected chi connectivity index (χ0v) is 10.1. The molecule has 0 unspecified atom stereocenters. The molecule has 0 fully saturated rings. The lowest BCUT2D eigenvalue weighted by Crippen LogP contribution is -2.01. The summed E-state index contributed by atoms with van der Waals surface area (Å²) in [5.41, 5.74) is 1.79. The van der Waals surface area contributed by atoms with Gasteiger partial charge >= 0.3 is 0 Å². The lowest BCUT2D eigenvalue weighted by molar-refractivity contribution is 0.279. The van der Waals surface area contributed by atoms with Crippen LogP contribution in [0.3, 0.4) is 0 Å². The van der Waals surface area contributed by atoms with Crippen LogP contribution in [0.2, 0.25) is 0 Å². The molecule has 0 spiro atoms. The maximum absolute atomic E-state index is 9.14. The zero-order valence-electron chi connectivity index (χ0n) is 10.1. The third kappa shape index (κ3) is 3.66. The molecule has 0 saturated heterocycles. The van der Waals surface area contributed by atoms with Gasteiger partial charge in [-0.2, -0.15) is 0 Å². The zero-order chi connectivity index (χ0) is 12.0. The van der Waals surface area contributed by atoms with Crippen LogP contribution in [0.15, 0.2) is 24.3 Å². The van der Waals surface area contributed by atoms with Crippen LogP contribution in [0.1, 0.15) is 37.9 Å². The molecule has 1 N–H and O–H groups in total. The summed E-state index contributed by atoms with van der Waals surface area (Å²) in [6, 6.07) is 3.68. The minimum Gasteiger partial charge on any atom is -0.473 e. The van der Waals surface area contributed by atoms with Crippen LogP contribution in [-0.4, -0.2) is 16.7 Å². The van der Waals surface area contributed by atoms with Gasteiger partial charge in [-0.05, 0) is 24.5 Å². The van der Waals surface area contributed by atoms with Gasteiger partial charge in [0.25, 0.3) is 0 Å². The largest absolute Gasteiger partial charge is 0.473 e. The lowest BCUT2D eigenvalue weighted by Gasteiger charge is -2.10. The molecule has 0 radical (unpaired) electrons. The second-order valence-electron chi connectivity index (χ2n) is 3.93. The molecule has 0 aliphatic carbocycles. The number of pyridine rings is 1. The fourth-order valence-electron chi connectivity index (χ4n) is 1.27. The van der Waals surface area contributed by atoms with E-state index in [9.17, 15) is 0 Å². The Kier molecular flexibility index (Phi) is 4.99. The monoisotopic (exact) mass is 221 g/mol. The number of ether oxygens (including phenoxy) is 1. The highest BCUT2D eigenvalue weighted by Crippen LogP contribution is 2.19. The quantitative estimate of drug-likeness (QED) is 0.777. The first kappa shape index (κ1) is 12.7. The summed E-state index contributed by atoms with van der Waals surface area (Å²) in [4.78, 5) is 4.39. The molecule has 1 rings (SSSR count). The average molecular weight is 221 g/mol. The number of aliphatic hydroxyl groups is 1. The third-order valence-electron chi connectivity index (χ3n) is 2.22. The number of hydrogen-bond donors (Lipinski definition) is 1. The van der Waals surface area contributed by atoms with Crippen molar-refractivity contribution in [3.8, 4) is 5.88 Å². The standard InChI is InChI=1S/C13H19NO2/c1-4-5-6-16-13-8-11(9-15)7-12(14-13)10(2)3/h4-5,7-8,10,15H,6,9H2,1-3H3/b5-4+. The van der Waals surface area contributed by atoms with E-state index in [1.807, 2.05) is 25.1 Å². The van der Waals surface area contributed by atoms with Gasteiger partial charge in [0.15, 0.2) is 0 Å². The van der Waals surface area contributed by atoms with Crippen molar-refractivity contribution in [3.63, 3.8) is 0 Å². The predicted octanol–water partition coefficient (Wildman–Crippen LogP) is 2.65. The topological polar surface area (TPSA) is 42.4 Å². The van der Waals surface area contributed by atoms with Crippen LogP contribution in [0.25, 0.3) is 0 Å². The smallest absolute Gasteiger partial charge is 0.214 e. The summed E-state index contributed by atoms with van der Waals surface area (Å²) in [5, 5.41) is 9.14. The number of hydrogen-bond acceptors (Lipinski definition) is 3. The minimum absolute atomic E-state index is 0.0161. The molecular formula is C13H19NO2. The highest BCUT2D eigenvalue weighted by molar-refractivity contribution is 5.26. The summed E-state index contributed by atoms with van der Waals surface area (Å²) >= 11 is 0. The first-order valence-electron chi connectivity index (χ1n) is 5.53. The Labute approximate surface area is 96.8 Å². The number of allylic oxidation sites excluding steroid dienone is 1. The Morgan fingerprint density at radius 2 is 2.19 bits per heavy atom. The maximum Gasteiger partial charge on any atom is 0.214 e. The Morgan fingerprint density at radius 1 is 1.44 bits per heavy atom. The van der Waals surface area contributed by atoms with Gasteiger partial charge in [0.05, 0.1) is 6.61 Å². The van der Waals surface area contributed by atoms with Crippen molar-refractivity contribution in [2.24, 2.45) is 0 Å². The molecule has 16 heavy (non-hydrogen) atoms. The molecular weight excluding hydrogens is 202 g/mol. The van der Waals surface area contributed by atoms with Gasteiger partial charge in [-0.1, -0.05) is 26.0 Å². The summed E-state index contributed by atoms with van der Waals surface area (Å²) in [7, 11) is 0. The van der Waals surface area contributed by atoms with Crippen LogP contribution < -0.4 is 4.74 Å². The Balaban J connectivity index is 2.86. The SMILES string of the molecule is C/C=C/COc1cc(CO)cc(C(C)C)n1. The van der Waals surface area contributed by atoms with Gasteiger partial charge in [-0.25, -0.2) is 4.98 Å². The number of rotatable bonds is 5. The van der Waals surface area contributed by atoms with Crippen molar-refractivity contribution in [1.82, 2.24) is 4.98 Å². The van der Waals surface area contributed by atoms with Crippen LogP contribution in [-0.2, 0) is 6.61 Å². The fourth-order valence-corrected chi connectivity index (χ4v) is 1.27. The molecule has 0 atom stereocenters. The summed E-state index contributed by atoms with van der Waals surface area (Å²) in [6.07, 6.45) is 3.85. The van der Waals surface area contributed by atoms with E-state index in [0.717, 1.165) is 11.3 Å². The van der Waals surface area contributed by atoms with E-state index in [1.54, 1.807) is 6.07 Å². The van der Waals surface area contributed by atoms with E-state index in [4.69, 9.17) is 9.84 Å². The van der Waals surface area contributed by atoms with Crippen molar-refractivity contribution in [1.29, 1.82) is 0 Å². The van der Waals surface area contributed by atoms with Crippen molar-refractivity contribution in [2.75, 3.05) is 6.61 Å². The van der Waals surface area contributed by atoms with Gasteiger partial charge in [0.2, 0.25) is 5.88 Å². The Morgan fingerprint density at radius 3 is 2.75 bits per heavy atom. The van der Waals surface area contributed by atoms with Gasteiger partial charge in [-0.3, -0.25) is 0 Å². The van der Waals surface area contributed by atoms with Crippen LogP contribution in [0.5, 0.6) is 5.88 Å². The van der Waals surface area contributed by atoms with Gasteiger partial charge < -0.3 is 9.84 Å². The van der Waals surface area contributed by atoms with Crippen LogP contribution >= 0.6 is 0 Å². The van der Waals surface area contributed by atoms with E-state index in [1.165, 1.54) is 0 Å². The van der Waals surface area contributed by atoms with E-state index in [0.29, 0.717) is 18.4 Å². The van der Waals surface area contributed by atoms with Crippen LogP contribution in [0.4, 0.5) is 0 Å². The van der Waals surface area contributed by atoms with Crippen molar-refractivity contribution < 1.29 is 9.84 Å². The van der Waals surface area contributed by atoms with E-state index in [-0.39, 0.29) is 6.61 Å². The highest BCUT2D eigenvalue weighted by Gasteiger charge is 2.06. The maximum atomic E-state index is 9.14. The normalized spacial score (nSPS) is 11.3. The molecule has 3 nitrogen and oxygen atoms in total. The molecule has 3 heteroatoms. The van der Waals surface area contributed by atoms with Crippen LogP contribution in [0, 0.1) is 0 Å². The predicted molar refractivity (Wildman–Crippen MR) is 64.6 cm³/mol. The van der Waals surface area contributed by atoms with E-state index >= 15 is 0 Å². The average Bonchev–Trinajstić information content (AvgIpc) is 2.29. The molecule has 0 bridgehead atoms. The summed E-state index contributed by atoms with van der Waals surface area (Å²) in [6.45, 7) is 6.61. The first-order chi connectivity index (χ1) is 7.67. The second-order valence-corrected chi connectivity index (χ2v) is 3.93. The third-order valence-corrected chi connectivity index (χ3v) is 2.22. The summed E-state index contributed by atoms with van der Waals surface area (Å²) in [5.74, 6) is 0.906. The first-order valence-corrected chi connectivity index (χ1v) is 5.53. The molecule has 0 aromatic carbocycles. The Hall–Kier alpha value is -1.35. The molecule has 0 aliphatic rings. The summed E-state index contributed by atoms with van der Waals surface area (Å²) < 4.78 is 5.47. The molecule has 0 aliphatic heterocycles. The van der Waals surface area contributed by atoms with Gasteiger partial charge in [0.1, 0.15) is 6.61 Å². The van der Waals surface area contributed by atoms with E-state index in [2.05, 4.69) is 18.8 Å². The molecule has 1 aromatic heterocycles. The lowest BCUT2D eigenvalue weighted by atomic mass is 10.1. The van der Waals surface area contributed by atoms with Crippen molar-refractivity contribution in [3.05, 3.63) is 35.5 Å². The fraction of sp³-hybridized carbons (Fsp3) is 0.462. The van der Waals surface area contributed by atoms with Crippen molar-refractivity contribution in [2.45, 2.75) is 33.3 Å². The second kappa shape index (κ2) is 6.28. The molecule has 0 saturated carbocycles. The highest BCUT2D eigenvalue weighted by atomic mass is 16.5. The number of aromatic nitrogens is 1. The minimum atomic E-state index is 0.0161. The Bertz CT molecular complexity index is 359. The molecule has 1 heterocycles. The molecule has 0 amide bonds.